The highest BCUT2D eigenvalue weighted by atomic mass is 79.9. The van der Waals surface area contributed by atoms with E-state index in [1.54, 1.807) is 30.3 Å². The lowest BCUT2D eigenvalue weighted by Crippen LogP contribution is -2.12. The Morgan fingerprint density at radius 3 is 2.10 bits per heavy atom. The second kappa shape index (κ2) is 6.67. The zero-order valence-electron chi connectivity index (χ0n) is 9.68. The van der Waals surface area contributed by atoms with Crippen molar-refractivity contribution in [3.8, 4) is 0 Å². The molecular formula is C13H6Br2Cl3NO. The van der Waals surface area contributed by atoms with Gasteiger partial charge in [-0.25, -0.2) is 0 Å². The summed E-state index contributed by atoms with van der Waals surface area (Å²) in [4.78, 5) is 12.2. The zero-order valence-corrected chi connectivity index (χ0v) is 15.1. The number of amides is 1. The first kappa shape index (κ1) is 16.1. The maximum absolute atomic E-state index is 12.2. The predicted molar refractivity (Wildman–Crippen MR) is 91.3 cm³/mol. The van der Waals surface area contributed by atoms with Gasteiger partial charge in [0.2, 0.25) is 0 Å². The van der Waals surface area contributed by atoms with Crippen LogP contribution in [0.3, 0.4) is 0 Å². The van der Waals surface area contributed by atoms with E-state index >= 15 is 0 Å². The van der Waals surface area contributed by atoms with E-state index in [-0.39, 0.29) is 5.91 Å². The van der Waals surface area contributed by atoms with Crippen molar-refractivity contribution in [2.45, 2.75) is 0 Å². The molecule has 2 aromatic carbocycles. The Bertz CT molecular complexity index is 668. The molecule has 0 aliphatic carbocycles. The molecule has 0 unspecified atom stereocenters. The standard InChI is InChI=1S/C13H6Br2Cl3NO/c14-7-4-10(17)12(11(18)5-7)19-13(20)6-1-2-8(15)9(16)3-6/h1-5H,(H,19,20). The Balaban J connectivity index is 2.30. The summed E-state index contributed by atoms with van der Waals surface area (Å²) in [6.45, 7) is 0. The third-order valence-electron chi connectivity index (χ3n) is 2.43. The van der Waals surface area contributed by atoms with Crippen molar-refractivity contribution >= 4 is 78.3 Å². The average Bonchev–Trinajstić information content (AvgIpc) is 2.36. The van der Waals surface area contributed by atoms with Crippen LogP contribution in [0.5, 0.6) is 0 Å². The van der Waals surface area contributed by atoms with Gasteiger partial charge < -0.3 is 5.32 Å². The van der Waals surface area contributed by atoms with Gasteiger partial charge in [-0.15, -0.1) is 0 Å². The Hall–Kier alpha value is -0.260. The molecule has 0 bridgehead atoms. The maximum Gasteiger partial charge on any atom is 0.255 e. The zero-order chi connectivity index (χ0) is 14.9. The van der Waals surface area contributed by atoms with E-state index in [0.717, 1.165) is 8.95 Å². The summed E-state index contributed by atoms with van der Waals surface area (Å²) in [6, 6.07) is 8.20. The molecule has 7 heteroatoms. The molecule has 2 aromatic rings. The van der Waals surface area contributed by atoms with Gasteiger partial charge in [-0.2, -0.15) is 0 Å². The molecule has 104 valence electrons. The first-order chi connectivity index (χ1) is 9.38. The van der Waals surface area contributed by atoms with Crippen LogP contribution in [-0.2, 0) is 0 Å². The summed E-state index contributed by atoms with van der Waals surface area (Å²) < 4.78 is 1.45. The van der Waals surface area contributed by atoms with Crippen LogP contribution in [0, 0.1) is 0 Å². The van der Waals surface area contributed by atoms with Gasteiger partial charge in [0.15, 0.2) is 0 Å². The summed E-state index contributed by atoms with van der Waals surface area (Å²) in [6.07, 6.45) is 0. The number of carbonyl (C=O) groups excluding carboxylic acids is 1. The number of anilines is 1. The van der Waals surface area contributed by atoms with Crippen LogP contribution in [0.25, 0.3) is 0 Å². The Morgan fingerprint density at radius 2 is 1.55 bits per heavy atom. The third-order valence-corrected chi connectivity index (χ3v) is 4.71. The molecule has 0 aromatic heterocycles. The molecule has 0 aliphatic heterocycles. The average molecular weight is 458 g/mol. The Kier molecular flexibility index (Phi) is 5.37. The minimum atomic E-state index is -0.342. The molecule has 0 radical (unpaired) electrons. The molecule has 20 heavy (non-hydrogen) atoms. The summed E-state index contributed by atoms with van der Waals surface area (Å²) in [5.74, 6) is -0.342. The van der Waals surface area contributed by atoms with Gasteiger partial charge in [-0.05, 0) is 46.3 Å². The van der Waals surface area contributed by atoms with E-state index in [0.29, 0.717) is 26.3 Å². The summed E-state index contributed by atoms with van der Waals surface area (Å²) in [5, 5.41) is 3.82. The van der Waals surface area contributed by atoms with Gasteiger partial charge >= 0.3 is 0 Å². The molecule has 0 heterocycles. The van der Waals surface area contributed by atoms with Crippen molar-refractivity contribution in [2.75, 3.05) is 5.32 Å². The van der Waals surface area contributed by atoms with Crippen molar-refractivity contribution in [1.82, 2.24) is 0 Å². The van der Waals surface area contributed by atoms with Gasteiger partial charge in [0.05, 0.1) is 20.8 Å². The van der Waals surface area contributed by atoms with Crippen LogP contribution < -0.4 is 5.32 Å². The van der Waals surface area contributed by atoms with E-state index < -0.39 is 0 Å². The van der Waals surface area contributed by atoms with Crippen molar-refractivity contribution < 1.29 is 4.79 Å². The molecule has 0 aliphatic rings. The minimum Gasteiger partial charge on any atom is -0.319 e. The summed E-state index contributed by atoms with van der Waals surface area (Å²) in [7, 11) is 0. The highest BCUT2D eigenvalue weighted by Crippen LogP contribution is 2.34. The second-order valence-corrected chi connectivity index (χ2v) is 6.82. The SMILES string of the molecule is O=C(Nc1c(Cl)cc(Br)cc1Cl)c1ccc(Br)c(Cl)c1. The van der Waals surface area contributed by atoms with Crippen molar-refractivity contribution in [2.24, 2.45) is 0 Å². The molecular weight excluding hydrogens is 452 g/mol. The quantitative estimate of drug-likeness (QED) is 0.553. The lowest BCUT2D eigenvalue weighted by atomic mass is 10.2. The molecule has 1 N–H and O–H groups in total. The number of carbonyl (C=O) groups is 1. The van der Waals surface area contributed by atoms with Crippen molar-refractivity contribution in [3.05, 3.63) is 59.9 Å². The first-order valence-corrected chi connectivity index (χ1v) is 8.01. The number of halogens is 5. The topological polar surface area (TPSA) is 29.1 Å². The highest BCUT2D eigenvalue weighted by Gasteiger charge is 2.13. The smallest absolute Gasteiger partial charge is 0.255 e. The van der Waals surface area contributed by atoms with Gasteiger partial charge in [-0.1, -0.05) is 50.7 Å². The minimum absolute atomic E-state index is 0.342. The molecule has 2 nitrogen and oxygen atoms in total. The van der Waals surface area contributed by atoms with Gasteiger partial charge in [-0.3, -0.25) is 4.79 Å². The fraction of sp³-hybridized carbons (Fsp3) is 0. The van der Waals surface area contributed by atoms with E-state index in [1.807, 2.05) is 0 Å². The molecule has 0 atom stereocenters. The van der Waals surface area contributed by atoms with Crippen molar-refractivity contribution in [1.29, 1.82) is 0 Å². The fourth-order valence-electron chi connectivity index (χ4n) is 1.48. The number of benzene rings is 2. The van der Waals surface area contributed by atoms with E-state index in [9.17, 15) is 4.79 Å². The van der Waals surface area contributed by atoms with Crippen molar-refractivity contribution in [3.63, 3.8) is 0 Å². The molecule has 0 spiro atoms. The number of hydrogen-bond acceptors (Lipinski definition) is 1. The summed E-state index contributed by atoms with van der Waals surface area (Å²) >= 11 is 24.6. The maximum atomic E-state index is 12.2. The Morgan fingerprint density at radius 1 is 0.950 bits per heavy atom. The molecule has 0 fully saturated rings. The molecule has 0 saturated carbocycles. The largest absolute Gasteiger partial charge is 0.319 e. The van der Waals surface area contributed by atoms with E-state index in [1.165, 1.54) is 0 Å². The second-order valence-electron chi connectivity index (χ2n) is 3.83. The Labute approximate surface area is 147 Å². The van der Waals surface area contributed by atoms with Crippen LogP contribution in [0.1, 0.15) is 10.4 Å². The number of nitrogens with one attached hydrogen (secondary N) is 1. The van der Waals surface area contributed by atoms with E-state index in [4.69, 9.17) is 34.8 Å². The van der Waals surface area contributed by atoms with Gasteiger partial charge in [0, 0.05) is 14.5 Å². The van der Waals surface area contributed by atoms with Gasteiger partial charge in [0.1, 0.15) is 0 Å². The van der Waals surface area contributed by atoms with E-state index in [2.05, 4.69) is 37.2 Å². The van der Waals surface area contributed by atoms with Crippen LogP contribution in [0.2, 0.25) is 15.1 Å². The number of rotatable bonds is 2. The normalized spacial score (nSPS) is 10.4. The molecule has 1 amide bonds. The fourth-order valence-corrected chi connectivity index (χ4v) is 3.21. The van der Waals surface area contributed by atoms with Crippen LogP contribution >= 0.6 is 66.7 Å². The molecule has 2 rings (SSSR count). The molecule has 0 saturated heterocycles. The lowest BCUT2D eigenvalue weighted by molar-refractivity contribution is 0.102. The van der Waals surface area contributed by atoms with Crippen LogP contribution in [0.4, 0.5) is 5.69 Å². The highest BCUT2D eigenvalue weighted by molar-refractivity contribution is 9.10. The van der Waals surface area contributed by atoms with Gasteiger partial charge in [0.25, 0.3) is 5.91 Å². The predicted octanol–water partition coefficient (Wildman–Crippen LogP) is 6.42. The first-order valence-electron chi connectivity index (χ1n) is 5.29. The summed E-state index contributed by atoms with van der Waals surface area (Å²) in [5.41, 5.74) is 0.772. The monoisotopic (exact) mass is 455 g/mol. The van der Waals surface area contributed by atoms with Crippen LogP contribution in [-0.4, -0.2) is 5.91 Å². The number of hydrogen-bond donors (Lipinski definition) is 1. The van der Waals surface area contributed by atoms with Crippen LogP contribution in [0.15, 0.2) is 39.3 Å². The third kappa shape index (κ3) is 3.68. The lowest BCUT2D eigenvalue weighted by Gasteiger charge is -2.10.